The molecular formula is C23H24N2O6. The zero-order valence-corrected chi connectivity index (χ0v) is 17.5. The number of amides is 3. The van der Waals surface area contributed by atoms with Gasteiger partial charge in [0, 0.05) is 12.1 Å². The fourth-order valence-electron chi connectivity index (χ4n) is 4.32. The Kier molecular flexibility index (Phi) is 5.63. The number of imide groups is 1. The SMILES string of the molecule is C[C@H]1CCC[C@H](C)N1C(=O)COC(=O)c1ccc2c(c1)C(=O)N(Cc1ccco1)C2=O. The van der Waals surface area contributed by atoms with Crippen LogP contribution < -0.4 is 0 Å². The number of nitrogens with zero attached hydrogens (tertiary/aromatic N) is 2. The van der Waals surface area contributed by atoms with Crippen LogP contribution in [0.25, 0.3) is 0 Å². The van der Waals surface area contributed by atoms with E-state index in [1.165, 1.54) is 24.5 Å². The molecule has 8 heteroatoms. The van der Waals surface area contributed by atoms with Gasteiger partial charge in [-0.15, -0.1) is 0 Å². The average molecular weight is 424 g/mol. The number of hydrogen-bond acceptors (Lipinski definition) is 6. The Balaban J connectivity index is 1.43. The number of esters is 1. The van der Waals surface area contributed by atoms with Gasteiger partial charge in [-0.3, -0.25) is 19.3 Å². The lowest BCUT2D eigenvalue weighted by molar-refractivity contribution is -0.140. The number of piperidine rings is 1. The molecule has 2 aliphatic heterocycles. The first-order chi connectivity index (χ1) is 14.9. The number of hydrogen-bond donors (Lipinski definition) is 0. The van der Waals surface area contributed by atoms with Crippen molar-refractivity contribution in [1.82, 2.24) is 9.80 Å². The molecule has 1 saturated heterocycles. The fourth-order valence-corrected chi connectivity index (χ4v) is 4.32. The molecule has 2 aliphatic rings. The summed E-state index contributed by atoms with van der Waals surface area (Å²) in [5, 5.41) is 0. The minimum atomic E-state index is -0.710. The lowest BCUT2D eigenvalue weighted by Gasteiger charge is -2.38. The molecule has 1 aromatic heterocycles. The topological polar surface area (TPSA) is 97.1 Å². The minimum Gasteiger partial charge on any atom is -0.467 e. The quantitative estimate of drug-likeness (QED) is 0.541. The van der Waals surface area contributed by atoms with E-state index < -0.39 is 17.8 Å². The number of rotatable bonds is 5. The Hall–Kier alpha value is -3.42. The zero-order chi connectivity index (χ0) is 22.1. The summed E-state index contributed by atoms with van der Waals surface area (Å²) < 4.78 is 10.4. The standard InChI is InChI=1S/C23H24N2O6/c1-14-5-3-6-15(2)25(14)20(26)13-31-23(29)16-8-9-18-19(11-16)22(28)24(21(18)27)12-17-7-4-10-30-17/h4,7-11,14-15H,3,5-6,12-13H2,1-2H3/t14-,15-/m0/s1. The summed E-state index contributed by atoms with van der Waals surface area (Å²) in [5.41, 5.74) is 0.475. The molecule has 4 rings (SSSR count). The van der Waals surface area contributed by atoms with Crippen LogP contribution in [0.5, 0.6) is 0 Å². The van der Waals surface area contributed by atoms with Crippen LogP contribution in [0, 0.1) is 0 Å². The maximum atomic E-state index is 12.7. The van der Waals surface area contributed by atoms with Gasteiger partial charge in [0.2, 0.25) is 0 Å². The van der Waals surface area contributed by atoms with E-state index in [9.17, 15) is 19.2 Å². The summed E-state index contributed by atoms with van der Waals surface area (Å²) in [5.74, 6) is -1.41. The summed E-state index contributed by atoms with van der Waals surface area (Å²) in [6.45, 7) is 3.64. The largest absolute Gasteiger partial charge is 0.467 e. The predicted octanol–water partition coefficient (Wildman–Crippen LogP) is 3.02. The van der Waals surface area contributed by atoms with Gasteiger partial charge in [-0.1, -0.05) is 0 Å². The minimum absolute atomic E-state index is 0.0137. The molecule has 2 aromatic rings. The summed E-state index contributed by atoms with van der Waals surface area (Å²) in [7, 11) is 0. The summed E-state index contributed by atoms with van der Waals surface area (Å²) in [4.78, 5) is 53.2. The average Bonchev–Trinajstić information content (AvgIpc) is 3.35. The molecule has 0 aliphatic carbocycles. The molecule has 3 heterocycles. The molecule has 2 atom stereocenters. The van der Waals surface area contributed by atoms with Crippen LogP contribution >= 0.6 is 0 Å². The molecule has 162 valence electrons. The van der Waals surface area contributed by atoms with Crippen molar-refractivity contribution in [2.45, 2.75) is 51.7 Å². The van der Waals surface area contributed by atoms with Gasteiger partial charge in [-0.25, -0.2) is 4.79 Å². The molecule has 0 unspecified atom stereocenters. The number of carbonyl (C=O) groups excluding carboxylic acids is 4. The first-order valence-corrected chi connectivity index (χ1v) is 10.4. The Labute approximate surface area is 179 Å². The Bertz CT molecular complexity index is 1020. The van der Waals surface area contributed by atoms with Gasteiger partial charge >= 0.3 is 5.97 Å². The summed E-state index contributed by atoms with van der Waals surface area (Å²) in [6.07, 6.45) is 4.40. The van der Waals surface area contributed by atoms with Gasteiger partial charge in [0.15, 0.2) is 6.61 Å². The molecule has 3 amide bonds. The fraction of sp³-hybridized carbons (Fsp3) is 0.391. The van der Waals surface area contributed by atoms with Crippen molar-refractivity contribution in [3.05, 3.63) is 59.0 Å². The summed E-state index contributed by atoms with van der Waals surface area (Å²) in [6, 6.07) is 7.78. The second-order valence-electron chi connectivity index (χ2n) is 8.04. The van der Waals surface area contributed by atoms with E-state index in [2.05, 4.69) is 0 Å². The molecule has 0 saturated carbocycles. The molecule has 0 bridgehead atoms. The molecule has 1 aromatic carbocycles. The number of furan rings is 1. The predicted molar refractivity (Wildman–Crippen MR) is 109 cm³/mol. The highest BCUT2D eigenvalue weighted by Crippen LogP contribution is 2.26. The van der Waals surface area contributed by atoms with Crippen molar-refractivity contribution in [2.75, 3.05) is 6.61 Å². The second kappa shape index (κ2) is 8.37. The van der Waals surface area contributed by atoms with E-state index in [-0.39, 0.29) is 47.8 Å². The van der Waals surface area contributed by atoms with Gasteiger partial charge in [-0.05, 0) is 63.4 Å². The highest BCUT2D eigenvalue weighted by Gasteiger charge is 2.37. The van der Waals surface area contributed by atoms with Crippen LogP contribution in [0.1, 0.15) is 69.9 Å². The van der Waals surface area contributed by atoms with E-state index in [4.69, 9.17) is 9.15 Å². The van der Waals surface area contributed by atoms with Gasteiger partial charge < -0.3 is 14.1 Å². The third kappa shape index (κ3) is 3.97. The number of carbonyl (C=O) groups is 4. The first-order valence-electron chi connectivity index (χ1n) is 10.4. The highest BCUT2D eigenvalue weighted by atomic mass is 16.5. The molecule has 1 fully saturated rings. The van der Waals surface area contributed by atoms with E-state index >= 15 is 0 Å². The Morgan fingerprint density at radius 3 is 2.45 bits per heavy atom. The van der Waals surface area contributed by atoms with Gasteiger partial charge in [0.05, 0.1) is 29.5 Å². The lowest BCUT2D eigenvalue weighted by Crippen LogP contribution is -2.49. The monoisotopic (exact) mass is 424 g/mol. The number of likely N-dealkylation sites (tertiary alicyclic amines) is 1. The zero-order valence-electron chi connectivity index (χ0n) is 17.5. The van der Waals surface area contributed by atoms with E-state index in [1.54, 1.807) is 17.0 Å². The third-order valence-electron chi connectivity index (χ3n) is 5.91. The summed E-state index contributed by atoms with van der Waals surface area (Å²) >= 11 is 0. The molecule has 0 spiro atoms. The van der Waals surface area contributed by atoms with Crippen LogP contribution in [0.3, 0.4) is 0 Å². The van der Waals surface area contributed by atoms with Crippen molar-refractivity contribution in [2.24, 2.45) is 0 Å². The number of ether oxygens (including phenoxy) is 1. The Morgan fingerprint density at radius 1 is 1.06 bits per heavy atom. The molecular weight excluding hydrogens is 400 g/mol. The van der Waals surface area contributed by atoms with Crippen molar-refractivity contribution in [1.29, 1.82) is 0 Å². The molecule has 8 nitrogen and oxygen atoms in total. The lowest BCUT2D eigenvalue weighted by atomic mass is 9.97. The van der Waals surface area contributed by atoms with Crippen LogP contribution in [0.4, 0.5) is 0 Å². The van der Waals surface area contributed by atoms with Crippen molar-refractivity contribution in [3.8, 4) is 0 Å². The normalized spacial score (nSPS) is 20.7. The van der Waals surface area contributed by atoms with Crippen molar-refractivity contribution >= 4 is 23.7 Å². The van der Waals surface area contributed by atoms with Crippen LogP contribution in [0.2, 0.25) is 0 Å². The van der Waals surface area contributed by atoms with Crippen LogP contribution in [-0.4, -0.2) is 52.2 Å². The third-order valence-corrected chi connectivity index (χ3v) is 5.91. The van der Waals surface area contributed by atoms with Gasteiger partial charge in [0.1, 0.15) is 5.76 Å². The van der Waals surface area contributed by atoms with E-state index in [0.717, 1.165) is 24.2 Å². The van der Waals surface area contributed by atoms with Gasteiger partial charge in [-0.2, -0.15) is 0 Å². The number of benzene rings is 1. The molecule has 31 heavy (non-hydrogen) atoms. The molecule has 0 N–H and O–H groups in total. The van der Waals surface area contributed by atoms with Crippen LogP contribution in [-0.2, 0) is 16.1 Å². The number of fused-ring (bicyclic) bond motifs is 1. The molecule has 0 radical (unpaired) electrons. The maximum absolute atomic E-state index is 12.7. The Morgan fingerprint density at radius 2 is 1.77 bits per heavy atom. The van der Waals surface area contributed by atoms with Crippen molar-refractivity contribution < 1.29 is 28.3 Å². The maximum Gasteiger partial charge on any atom is 0.338 e. The van der Waals surface area contributed by atoms with Crippen molar-refractivity contribution in [3.63, 3.8) is 0 Å². The first kappa shape index (κ1) is 20.8. The van der Waals surface area contributed by atoms with Gasteiger partial charge in [0.25, 0.3) is 17.7 Å². The second-order valence-corrected chi connectivity index (χ2v) is 8.04. The van der Waals surface area contributed by atoms with Crippen LogP contribution in [0.15, 0.2) is 41.0 Å². The smallest absolute Gasteiger partial charge is 0.338 e. The van der Waals surface area contributed by atoms with E-state index in [1.807, 2.05) is 13.8 Å². The van der Waals surface area contributed by atoms with E-state index in [0.29, 0.717) is 5.76 Å². The highest BCUT2D eigenvalue weighted by molar-refractivity contribution is 6.21.